The number of thiophene rings is 1. The molecule has 1 N–H and O–H groups in total. The minimum Gasteiger partial charge on any atom is -0.462 e. The van der Waals surface area contributed by atoms with Gasteiger partial charge in [-0.15, -0.1) is 11.3 Å². The zero-order chi connectivity index (χ0) is 21.5. The van der Waals surface area contributed by atoms with E-state index in [1.807, 2.05) is 13.8 Å². The van der Waals surface area contributed by atoms with Gasteiger partial charge in [0.1, 0.15) is 28.5 Å². The van der Waals surface area contributed by atoms with Crippen LogP contribution in [0.15, 0.2) is 30.6 Å². The second-order valence-corrected chi connectivity index (χ2v) is 7.42. The summed E-state index contributed by atoms with van der Waals surface area (Å²) >= 11 is 1.26. The third-order valence-electron chi connectivity index (χ3n) is 4.25. The number of nitrogens with zero attached hydrogens (tertiary/aromatic N) is 2. The molecule has 0 atom stereocenters. The minimum absolute atomic E-state index is 0.187. The van der Waals surface area contributed by atoms with Crippen molar-refractivity contribution in [2.24, 2.45) is 0 Å². The van der Waals surface area contributed by atoms with Crippen molar-refractivity contribution < 1.29 is 23.8 Å². The van der Waals surface area contributed by atoms with Crippen LogP contribution in [0.3, 0.4) is 0 Å². The Labute approximate surface area is 178 Å². The van der Waals surface area contributed by atoms with Crippen LogP contribution in [0, 0.1) is 6.92 Å². The number of benzene rings is 1. The highest BCUT2D eigenvalue weighted by atomic mass is 32.1. The van der Waals surface area contributed by atoms with E-state index in [0.29, 0.717) is 34.3 Å². The van der Waals surface area contributed by atoms with Gasteiger partial charge in [0.25, 0.3) is 0 Å². The Kier molecular flexibility index (Phi) is 7.31. The summed E-state index contributed by atoms with van der Waals surface area (Å²) in [7, 11) is 1.55. The van der Waals surface area contributed by atoms with Crippen LogP contribution < -0.4 is 5.32 Å². The molecule has 0 aliphatic heterocycles. The molecule has 3 aromatic rings. The molecule has 9 heteroatoms. The number of hydrogen-bond donors (Lipinski definition) is 1. The molecule has 2 aromatic heterocycles. The summed E-state index contributed by atoms with van der Waals surface area (Å²) < 4.78 is 15.3. The summed E-state index contributed by atoms with van der Waals surface area (Å²) in [6.07, 6.45) is 2.22. The lowest BCUT2D eigenvalue weighted by Gasteiger charge is -2.08. The first-order valence-electron chi connectivity index (χ1n) is 9.49. The molecule has 0 amide bonds. The summed E-state index contributed by atoms with van der Waals surface area (Å²) in [5.41, 5.74) is 1.98. The first-order valence-corrected chi connectivity index (χ1v) is 10.3. The van der Waals surface area contributed by atoms with Crippen LogP contribution in [-0.2, 0) is 14.2 Å². The molecule has 3 rings (SSSR count). The minimum atomic E-state index is -0.409. The molecule has 2 heterocycles. The maximum atomic E-state index is 12.4. The molecule has 0 unspecified atom stereocenters. The van der Waals surface area contributed by atoms with E-state index in [9.17, 15) is 9.59 Å². The number of carbonyl (C=O) groups is 2. The fourth-order valence-electron chi connectivity index (χ4n) is 2.75. The van der Waals surface area contributed by atoms with Gasteiger partial charge in [-0.1, -0.05) is 6.92 Å². The molecule has 0 aliphatic carbocycles. The molecule has 0 spiro atoms. The molecule has 0 aliphatic rings. The maximum Gasteiger partial charge on any atom is 0.348 e. The van der Waals surface area contributed by atoms with Gasteiger partial charge in [0.15, 0.2) is 0 Å². The van der Waals surface area contributed by atoms with Gasteiger partial charge in [-0.2, -0.15) is 0 Å². The lowest BCUT2D eigenvalue weighted by Crippen LogP contribution is -2.09. The molecule has 158 valence electrons. The van der Waals surface area contributed by atoms with Gasteiger partial charge in [-0.05, 0) is 43.2 Å². The Morgan fingerprint density at radius 2 is 1.77 bits per heavy atom. The summed E-state index contributed by atoms with van der Waals surface area (Å²) in [6, 6.07) is 6.94. The summed E-state index contributed by atoms with van der Waals surface area (Å²) in [4.78, 5) is 34.1. The molecule has 8 nitrogen and oxygen atoms in total. The van der Waals surface area contributed by atoms with Gasteiger partial charge in [-0.3, -0.25) is 0 Å². The monoisotopic (exact) mass is 429 g/mol. The highest BCUT2D eigenvalue weighted by molar-refractivity contribution is 7.20. The number of esters is 2. The smallest absolute Gasteiger partial charge is 0.348 e. The fraction of sp³-hybridized carbons (Fsp3) is 0.333. The second-order valence-electron chi connectivity index (χ2n) is 6.43. The van der Waals surface area contributed by atoms with Gasteiger partial charge >= 0.3 is 11.9 Å². The van der Waals surface area contributed by atoms with E-state index in [0.717, 1.165) is 23.1 Å². The van der Waals surface area contributed by atoms with Crippen molar-refractivity contribution in [1.82, 2.24) is 9.97 Å². The zero-order valence-corrected chi connectivity index (χ0v) is 17.9. The highest BCUT2D eigenvalue weighted by Gasteiger charge is 2.20. The number of aromatic nitrogens is 2. The number of carbonyl (C=O) groups excluding carboxylic acids is 2. The number of hydrogen-bond acceptors (Lipinski definition) is 9. The Morgan fingerprint density at radius 1 is 1.03 bits per heavy atom. The predicted octanol–water partition coefficient (Wildman–Crippen LogP) is 4.11. The normalized spacial score (nSPS) is 10.8. The SMILES string of the molecule is CCCOC(=O)c1ccc(Nc2ncnc3sc(C(=O)OCCOC)c(C)c23)cc1. The third-order valence-corrected chi connectivity index (χ3v) is 5.43. The number of nitrogens with one attached hydrogen (secondary N) is 1. The lowest BCUT2D eigenvalue weighted by molar-refractivity contribution is 0.0392. The van der Waals surface area contributed by atoms with E-state index in [4.69, 9.17) is 14.2 Å². The van der Waals surface area contributed by atoms with E-state index in [2.05, 4.69) is 15.3 Å². The Balaban J connectivity index is 1.81. The van der Waals surface area contributed by atoms with Crippen molar-refractivity contribution in [1.29, 1.82) is 0 Å². The van der Waals surface area contributed by atoms with Crippen LogP contribution in [0.4, 0.5) is 11.5 Å². The number of ether oxygens (including phenoxy) is 3. The van der Waals surface area contributed by atoms with Crippen molar-refractivity contribution in [3.63, 3.8) is 0 Å². The molecule has 0 saturated heterocycles. The average molecular weight is 429 g/mol. The molecule has 0 radical (unpaired) electrons. The zero-order valence-electron chi connectivity index (χ0n) is 17.1. The first-order chi connectivity index (χ1) is 14.5. The second kappa shape index (κ2) is 10.1. The highest BCUT2D eigenvalue weighted by Crippen LogP contribution is 2.34. The van der Waals surface area contributed by atoms with Crippen LogP contribution >= 0.6 is 11.3 Å². The molecular weight excluding hydrogens is 406 g/mol. The molecular formula is C21H23N3O5S. The summed E-state index contributed by atoms with van der Waals surface area (Å²) in [5.74, 6) is -0.183. The molecule has 0 bridgehead atoms. The number of fused-ring (bicyclic) bond motifs is 1. The van der Waals surface area contributed by atoms with E-state index in [1.54, 1.807) is 31.4 Å². The number of methoxy groups -OCH3 is 1. The van der Waals surface area contributed by atoms with E-state index in [1.165, 1.54) is 17.7 Å². The summed E-state index contributed by atoms with van der Waals surface area (Å²) in [5, 5.41) is 3.99. The standard InChI is InChI=1S/C21H23N3O5S/c1-4-9-28-20(25)14-5-7-15(8-6-14)24-18-16-13(2)17(21(26)29-11-10-27-3)30-19(16)23-12-22-18/h5-8,12H,4,9-11H2,1-3H3,(H,22,23,24). The molecule has 0 saturated carbocycles. The van der Waals surface area contributed by atoms with E-state index >= 15 is 0 Å². The number of anilines is 2. The van der Waals surface area contributed by atoms with Gasteiger partial charge in [-0.25, -0.2) is 19.6 Å². The van der Waals surface area contributed by atoms with Crippen molar-refractivity contribution in [3.05, 3.63) is 46.6 Å². The molecule has 1 aromatic carbocycles. The van der Waals surface area contributed by atoms with Crippen LogP contribution in [0.25, 0.3) is 10.2 Å². The van der Waals surface area contributed by atoms with Crippen LogP contribution in [-0.4, -0.2) is 48.8 Å². The first kappa shape index (κ1) is 21.7. The topological polar surface area (TPSA) is 99.6 Å². The quantitative estimate of drug-likeness (QED) is 0.401. The van der Waals surface area contributed by atoms with Gasteiger partial charge in [0, 0.05) is 12.8 Å². The average Bonchev–Trinajstić information content (AvgIpc) is 3.10. The Morgan fingerprint density at radius 3 is 2.47 bits per heavy atom. The van der Waals surface area contributed by atoms with Crippen LogP contribution in [0.2, 0.25) is 0 Å². The van der Waals surface area contributed by atoms with Gasteiger partial charge in [0.2, 0.25) is 0 Å². The third kappa shape index (κ3) is 4.92. The number of rotatable bonds is 9. The van der Waals surface area contributed by atoms with Gasteiger partial charge in [0.05, 0.1) is 24.2 Å². The van der Waals surface area contributed by atoms with Gasteiger partial charge < -0.3 is 19.5 Å². The molecule has 30 heavy (non-hydrogen) atoms. The predicted molar refractivity (Wildman–Crippen MR) is 115 cm³/mol. The lowest BCUT2D eigenvalue weighted by atomic mass is 10.2. The largest absolute Gasteiger partial charge is 0.462 e. The van der Waals surface area contributed by atoms with Crippen LogP contribution in [0.1, 0.15) is 38.9 Å². The van der Waals surface area contributed by atoms with Crippen molar-refractivity contribution in [3.8, 4) is 0 Å². The summed E-state index contributed by atoms with van der Waals surface area (Å²) in [6.45, 7) is 4.70. The Hall–Kier alpha value is -3.04. The van der Waals surface area contributed by atoms with Crippen LogP contribution in [0.5, 0.6) is 0 Å². The van der Waals surface area contributed by atoms with E-state index in [-0.39, 0.29) is 12.6 Å². The maximum absolute atomic E-state index is 12.4. The fourth-order valence-corrected chi connectivity index (χ4v) is 3.79. The number of aryl methyl sites for hydroxylation is 1. The van der Waals surface area contributed by atoms with Crippen molar-refractivity contribution in [2.45, 2.75) is 20.3 Å². The Bertz CT molecular complexity index is 1030. The van der Waals surface area contributed by atoms with E-state index < -0.39 is 5.97 Å². The van der Waals surface area contributed by atoms with Crippen molar-refractivity contribution >= 4 is 45.0 Å². The van der Waals surface area contributed by atoms with Crippen molar-refractivity contribution in [2.75, 3.05) is 32.2 Å². The molecule has 0 fully saturated rings.